The van der Waals surface area contributed by atoms with Crippen LogP contribution in [-0.2, 0) is 7.05 Å². The summed E-state index contributed by atoms with van der Waals surface area (Å²) in [5, 5.41) is 0. The van der Waals surface area contributed by atoms with Gasteiger partial charge in [0.15, 0.2) is 17.4 Å². The molecule has 5 heteroatoms. The average molecular weight is 267 g/mol. The van der Waals surface area contributed by atoms with Crippen molar-refractivity contribution in [2.75, 3.05) is 5.75 Å². The molecule has 18 heavy (non-hydrogen) atoms. The Hall–Kier alpha value is -1.62. The van der Waals surface area contributed by atoms with Crippen molar-refractivity contribution in [1.29, 1.82) is 0 Å². The monoisotopic (exact) mass is 267 g/mol. The molecule has 1 aromatic carbocycles. The summed E-state index contributed by atoms with van der Waals surface area (Å²) in [6.45, 7) is 0. The third kappa shape index (κ3) is 2.79. The molecule has 2 rings (SSSR count). The van der Waals surface area contributed by atoms with Gasteiger partial charge in [0.1, 0.15) is 0 Å². The summed E-state index contributed by atoms with van der Waals surface area (Å²) in [5.41, 5.74) is 0.602. The first-order chi connectivity index (χ1) is 8.58. The summed E-state index contributed by atoms with van der Waals surface area (Å²) in [5.74, 6) is -1.63. The lowest BCUT2D eigenvalue weighted by atomic mass is 10.3. The SMILES string of the molecule is Cn1cccc1C(=O)CSc1ccc(F)c(F)c1. The molecule has 0 N–H and O–H groups in total. The highest BCUT2D eigenvalue weighted by atomic mass is 32.2. The van der Waals surface area contributed by atoms with Crippen LogP contribution >= 0.6 is 11.8 Å². The Morgan fingerprint density at radius 2 is 2.06 bits per heavy atom. The normalized spacial score (nSPS) is 10.6. The number of thioether (sulfide) groups is 1. The van der Waals surface area contributed by atoms with Crippen LogP contribution in [0.1, 0.15) is 10.5 Å². The lowest BCUT2D eigenvalue weighted by Gasteiger charge is -2.03. The Balaban J connectivity index is 2.02. The first kappa shape index (κ1) is 12.8. The second-order valence-electron chi connectivity index (χ2n) is 3.79. The Kier molecular flexibility index (Phi) is 3.81. The zero-order valence-electron chi connectivity index (χ0n) is 9.69. The highest BCUT2D eigenvalue weighted by Gasteiger charge is 2.10. The van der Waals surface area contributed by atoms with E-state index in [2.05, 4.69) is 0 Å². The van der Waals surface area contributed by atoms with Gasteiger partial charge in [0.25, 0.3) is 0 Å². The van der Waals surface area contributed by atoms with Crippen LogP contribution in [0.4, 0.5) is 8.78 Å². The van der Waals surface area contributed by atoms with E-state index in [-0.39, 0.29) is 11.5 Å². The maximum Gasteiger partial charge on any atom is 0.189 e. The number of hydrogen-bond donors (Lipinski definition) is 0. The molecule has 0 saturated heterocycles. The van der Waals surface area contributed by atoms with Crippen molar-refractivity contribution in [2.45, 2.75) is 4.90 Å². The van der Waals surface area contributed by atoms with Gasteiger partial charge in [-0.1, -0.05) is 0 Å². The van der Waals surface area contributed by atoms with E-state index >= 15 is 0 Å². The lowest BCUT2D eigenvalue weighted by Crippen LogP contribution is -2.07. The van der Waals surface area contributed by atoms with Crippen LogP contribution in [0, 0.1) is 11.6 Å². The molecule has 2 aromatic rings. The smallest absolute Gasteiger partial charge is 0.189 e. The molecule has 0 fully saturated rings. The Bertz CT molecular complexity index is 580. The van der Waals surface area contributed by atoms with Gasteiger partial charge in [-0.3, -0.25) is 4.79 Å². The molecule has 0 bridgehead atoms. The number of nitrogens with zero attached hydrogens (tertiary/aromatic N) is 1. The molecule has 0 radical (unpaired) electrons. The second-order valence-corrected chi connectivity index (χ2v) is 4.84. The van der Waals surface area contributed by atoms with Gasteiger partial charge in [-0.15, -0.1) is 11.8 Å². The van der Waals surface area contributed by atoms with E-state index < -0.39 is 11.6 Å². The standard InChI is InChI=1S/C13H11F2NOS/c1-16-6-2-3-12(16)13(17)8-18-9-4-5-10(14)11(15)7-9/h2-7H,8H2,1H3. The summed E-state index contributed by atoms with van der Waals surface area (Å²) in [4.78, 5) is 12.4. The highest BCUT2D eigenvalue weighted by molar-refractivity contribution is 8.00. The zero-order chi connectivity index (χ0) is 13.1. The maximum atomic E-state index is 13.0. The second kappa shape index (κ2) is 5.35. The van der Waals surface area contributed by atoms with Crippen LogP contribution in [0.15, 0.2) is 41.4 Å². The van der Waals surface area contributed by atoms with Crippen LogP contribution in [0.5, 0.6) is 0 Å². The van der Waals surface area contributed by atoms with Crippen molar-refractivity contribution in [3.63, 3.8) is 0 Å². The van der Waals surface area contributed by atoms with Gasteiger partial charge in [-0.25, -0.2) is 8.78 Å². The number of Topliss-reactive ketones (excluding diaryl/α,β-unsaturated/α-hetero) is 1. The minimum absolute atomic E-state index is 0.0442. The van der Waals surface area contributed by atoms with Crippen LogP contribution in [0.2, 0.25) is 0 Å². The van der Waals surface area contributed by atoms with Crippen molar-refractivity contribution in [3.8, 4) is 0 Å². The Morgan fingerprint density at radius 1 is 1.28 bits per heavy atom. The molecule has 0 aliphatic heterocycles. The fourth-order valence-electron chi connectivity index (χ4n) is 1.54. The first-order valence-electron chi connectivity index (χ1n) is 5.30. The van der Waals surface area contributed by atoms with E-state index in [9.17, 15) is 13.6 Å². The summed E-state index contributed by atoms with van der Waals surface area (Å²) in [6.07, 6.45) is 1.79. The number of benzene rings is 1. The zero-order valence-corrected chi connectivity index (χ0v) is 10.5. The van der Waals surface area contributed by atoms with Crippen molar-refractivity contribution in [2.24, 2.45) is 7.05 Å². The molecule has 0 aliphatic rings. The van der Waals surface area contributed by atoms with Crippen LogP contribution in [-0.4, -0.2) is 16.1 Å². The molecule has 94 valence electrons. The quantitative estimate of drug-likeness (QED) is 0.626. The predicted molar refractivity (Wildman–Crippen MR) is 66.8 cm³/mol. The topological polar surface area (TPSA) is 22.0 Å². The minimum atomic E-state index is -0.897. The third-order valence-electron chi connectivity index (χ3n) is 2.49. The fourth-order valence-corrected chi connectivity index (χ4v) is 2.34. The number of aryl methyl sites for hydroxylation is 1. The molecular weight excluding hydrogens is 256 g/mol. The van der Waals surface area contributed by atoms with Crippen LogP contribution < -0.4 is 0 Å². The molecule has 0 unspecified atom stereocenters. The minimum Gasteiger partial charge on any atom is -0.348 e. The van der Waals surface area contributed by atoms with Crippen molar-refractivity contribution in [3.05, 3.63) is 53.9 Å². The van der Waals surface area contributed by atoms with Crippen molar-refractivity contribution in [1.82, 2.24) is 4.57 Å². The lowest BCUT2D eigenvalue weighted by molar-refractivity contribution is 0.101. The number of ketones is 1. The van der Waals surface area contributed by atoms with Crippen LogP contribution in [0.3, 0.4) is 0 Å². The largest absolute Gasteiger partial charge is 0.348 e. The van der Waals surface area contributed by atoms with E-state index in [1.807, 2.05) is 0 Å². The molecule has 0 amide bonds. The van der Waals surface area contributed by atoms with Gasteiger partial charge in [0, 0.05) is 18.1 Å². The van der Waals surface area contributed by atoms with E-state index in [0.717, 1.165) is 12.1 Å². The number of rotatable bonds is 4. The molecule has 2 nitrogen and oxygen atoms in total. The van der Waals surface area contributed by atoms with Gasteiger partial charge >= 0.3 is 0 Å². The number of carbonyl (C=O) groups excluding carboxylic acids is 1. The molecule has 0 saturated carbocycles. The summed E-state index contributed by atoms with van der Waals surface area (Å²) in [6, 6.07) is 7.13. The third-order valence-corrected chi connectivity index (χ3v) is 3.48. The highest BCUT2D eigenvalue weighted by Crippen LogP contribution is 2.21. The number of carbonyl (C=O) groups is 1. The van der Waals surface area contributed by atoms with Gasteiger partial charge in [-0.2, -0.15) is 0 Å². The maximum absolute atomic E-state index is 13.0. The van der Waals surface area contributed by atoms with Gasteiger partial charge in [0.2, 0.25) is 0 Å². The Morgan fingerprint density at radius 3 is 2.67 bits per heavy atom. The summed E-state index contributed by atoms with van der Waals surface area (Å²) in [7, 11) is 1.79. The van der Waals surface area contributed by atoms with Crippen molar-refractivity contribution >= 4 is 17.5 Å². The van der Waals surface area contributed by atoms with E-state index in [1.54, 1.807) is 29.9 Å². The molecule has 1 aromatic heterocycles. The molecule has 0 aliphatic carbocycles. The van der Waals surface area contributed by atoms with Gasteiger partial charge in [-0.05, 0) is 30.3 Å². The molecular formula is C13H11F2NOS. The van der Waals surface area contributed by atoms with E-state index in [1.165, 1.54) is 17.8 Å². The van der Waals surface area contributed by atoms with E-state index in [4.69, 9.17) is 0 Å². The fraction of sp³-hybridized carbons (Fsp3) is 0.154. The van der Waals surface area contributed by atoms with Gasteiger partial charge in [0.05, 0.1) is 11.4 Å². The van der Waals surface area contributed by atoms with E-state index in [0.29, 0.717) is 10.6 Å². The molecule has 1 heterocycles. The van der Waals surface area contributed by atoms with Crippen molar-refractivity contribution < 1.29 is 13.6 Å². The van der Waals surface area contributed by atoms with Crippen LogP contribution in [0.25, 0.3) is 0 Å². The average Bonchev–Trinajstić information content (AvgIpc) is 2.77. The predicted octanol–water partition coefficient (Wildman–Crippen LogP) is 3.28. The first-order valence-corrected chi connectivity index (χ1v) is 6.29. The summed E-state index contributed by atoms with van der Waals surface area (Å²) >= 11 is 1.19. The molecule has 0 atom stereocenters. The van der Waals surface area contributed by atoms with Gasteiger partial charge < -0.3 is 4.57 Å². The number of halogens is 2. The Labute approximate surface area is 108 Å². The molecule has 0 spiro atoms. The number of aromatic nitrogens is 1. The number of hydrogen-bond acceptors (Lipinski definition) is 2. The summed E-state index contributed by atoms with van der Waals surface area (Å²) < 4.78 is 27.4.